The van der Waals surface area contributed by atoms with Crippen molar-refractivity contribution in [1.82, 2.24) is 10.2 Å². The molecule has 24 heavy (non-hydrogen) atoms. The Morgan fingerprint density at radius 2 is 1.67 bits per heavy atom. The fraction of sp³-hybridized carbons (Fsp3) is 0.882. The highest BCUT2D eigenvalue weighted by Gasteiger charge is 2.43. The summed E-state index contributed by atoms with van der Waals surface area (Å²) in [7, 11) is 0. The molecule has 2 fully saturated rings. The second-order valence-electron chi connectivity index (χ2n) is 6.94. The van der Waals surface area contributed by atoms with Crippen molar-refractivity contribution in [2.45, 2.75) is 64.0 Å². The van der Waals surface area contributed by atoms with Gasteiger partial charge in [-0.2, -0.15) is 13.2 Å². The minimum atomic E-state index is -4.22. The van der Waals surface area contributed by atoms with Crippen LogP contribution in [0.2, 0.25) is 0 Å². The number of alkyl halides is 3. The lowest BCUT2D eigenvalue weighted by Gasteiger charge is -2.29. The van der Waals surface area contributed by atoms with Crippen LogP contribution in [0, 0.1) is 11.8 Å². The topological polar surface area (TPSA) is 49.4 Å². The number of hydrogen-bond donors (Lipinski definition) is 1. The molecular formula is C17H27F3N2O2. The second-order valence-corrected chi connectivity index (χ2v) is 6.94. The number of halogens is 3. The first-order valence-corrected chi connectivity index (χ1v) is 9.00. The summed E-state index contributed by atoms with van der Waals surface area (Å²) in [5.74, 6) is -2.28. The fourth-order valence-corrected chi connectivity index (χ4v) is 3.64. The molecule has 1 aliphatic carbocycles. The molecule has 0 spiro atoms. The number of nitrogens with zero attached hydrogens (tertiary/aromatic N) is 1. The van der Waals surface area contributed by atoms with Crippen molar-refractivity contribution in [3.05, 3.63) is 0 Å². The van der Waals surface area contributed by atoms with Crippen LogP contribution in [-0.2, 0) is 9.59 Å². The largest absolute Gasteiger partial charge is 0.391 e. The average Bonchev–Trinajstić information content (AvgIpc) is 2.83. The first-order valence-electron chi connectivity index (χ1n) is 9.00. The van der Waals surface area contributed by atoms with Gasteiger partial charge in [0.25, 0.3) is 0 Å². The summed E-state index contributed by atoms with van der Waals surface area (Å²) >= 11 is 0. The van der Waals surface area contributed by atoms with E-state index in [1.165, 1.54) is 0 Å². The molecule has 2 amide bonds. The molecule has 1 saturated heterocycles. The maximum absolute atomic E-state index is 12.8. The van der Waals surface area contributed by atoms with Crippen molar-refractivity contribution < 1.29 is 22.8 Å². The Hall–Kier alpha value is -1.27. The van der Waals surface area contributed by atoms with Crippen molar-refractivity contribution in [1.29, 1.82) is 0 Å². The van der Waals surface area contributed by atoms with Gasteiger partial charge in [0.1, 0.15) is 0 Å². The van der Waals surface area contributed by atoms with E-state index in [4.69, 9.17) is 0 Å². The molecule has 2 rings (SSSR count). The van der Waals surface area contributed by atoms with Crippen molar-refractivity contribution >= 4 is 11.8 Å². The van der Waals surface area contributed by atoms with Crippen LogP contribution >= 0.6 is 0 Å². The lowest BCUT2D eigenvalue weighted by atomic mass is 9.80. The van der Waals surface area contributed by atoms with Gasteiger partial charge in [0.2, 0.25) is 11.8 Å². The van der Waals surface area contributed by atoms with E-state index in [1.807, 2.05) is 4.90 Å². The number of nitrogens with one attached hydrogen (secondary N) is 1. The molecule has 2 unspecified atom stereocenters. The van der Waals surface area contributed by atoms with Gasteiger partial charge in [0, 0.05) is 32.0 Å². The van der Waals surface area contributed by atoms with Crippen LogP contribution in [-0.4, -0.2) is 42.5 Å². The number of hydrogen-bond acceptors (Lipinski definition) is 2. The van der Waals surface area contributed by atoms with Gasteiger partial charge >= 0.3 is 6.18 Å². The first-order chi connectivity index (χ1) is 11.4. The highest BCUT2D eigenvalue weighted by Crippen LogP contribution is 2.39. The number of carbonyl (C=O) groups is 2. The fourth-order valence-electron chi connectivity index (χ4n) is 3.64. The summed E-state index contributed by atoms with van der Waals surface area (Å²) in [6, 6.07) is 0. The van der Waals surface area contributed by atoms with E-state index >= 15 is 0 Å². The molecule has 138 valence electrons. The molecule has 1 saturated carbocycles. The Morgan fingerprint density at radius 1 is 1.00 bits per heavy atom. The smallest absolute Gasteiger partial charge is 0.355 e. The van der Waals surface area contributed by atoms with Crippen molar-refractivity contribution in [2.24, 2.45) is 11.8 Å². The van der Waals surface area contributed by atoms with Crippen LogP contribution in [0.5, 0.6) is 0 Å². The van der Waals surface area contributed by atoms with E-state index < -0.39 is 18.0 Å². The molecule has 0 radical (unpaired) electrons. The lowest BCUT2D eigenvalue weighted by molar-refractivity contribution is -0.186. The summed E-state index contributed by atoms with van der Waals surface area (Å²) in [5.41, 5.74) is 0. The van der Waals surface area contributed by atoms with Gasteiger partial charge in [0.05, 0.1) is 5.92 Å². The maximum Gasteiger partial charge on any atom is 0.391 e. The summed E-state index contributed by atoms with van der Waals surface area (Å²) in [4.78, 5) is 26.0. The number of rotatable bonds is 4. The van der Waals surface area contributed by atoms with Crippen LogP contribution in [0.25, 0.3) is 0 Å². The van der Waals surface area contributed by atoms with Crippen LogP contribution in [0.3, 0.4) is 0 Å². The van der Waals surface area contributed by atoms with Gasteiger partial charge in [-0.15, -0.1) is 0 Å². The Morgan fingerprint density at radius 3 is 2.29 bits per heavy atom. The van der Waals surface area contributed by atoms with Crippen molar-refractivity contribution in [3.63, 3.8) is 0 Å². The van der Waals surface area contributed by atoms with E-state index in [0.29, 0.717) is 12.8 Å². The molecule has 1 N–H and O–H groups in total. The molecule has 1 aliphatic heterocycles. The van der Waals surface area contributed by atoms with Gasteiger partial charge in [-0.1, -0.05) is 19.3 Å². The summed E-state index contributed by atoms with van der Waals surface area (Å²) in [6.45, 7) is 1.74. The first kappa shape index (κ1) is 19.1. The Bertz CT molecular complexity index is 432. The second kappa shape index (κ2) is 8.72. The Kier molecular flexibility index (Phi) is 6.92. The lowest BCUT2D eigenvalue weighted by Crippen LogP contribution is -2.39. The predicted molar refractivity (Wildman–Crippen MR) is 84.2 cm³/mol. The Balaban J connectivity index is 1.71. The number of amides is 2. The van der Waals surface area contributed by atoms with Gasteiger partial charge in [-0.05, 0) is 32.1 Å². The van der Waals surface area contributed by atoms with Crippen LogP contribution < -0.4 is 5.32 Å². The van der Waals surface area contributed by atoms with Crippen molar-refractivity contribution in [3.8, 4) is 0 Å². The molecule has 4 nitrogen and oxygen atoms in total. The van der Waals surface area contributed by atoms with Gasteiger partial charge in [0.15, 0.2) is 0 Å². The van der Waals surface area contributed by atoms with E-state index in [1.54, 1.807) is 0 Å². The molecule has 0 aromatic heterocycles. The molecule has 0 aromatic carbocycles. The van der Waals surface area contributed by atoms with Crippen LogP contribution in [0.1, 0.15) is 57.8 Å². The minimum Gasteiger partial charge on any atom is -0.355 e. The summed E-state index contributed by atoms with van der Waals surface area (Å²) in [5, 5.41) is 2.66. The number of likely N-dealkylation sites (tertiary alicyclic amines) is 1. The molecule has 7 heteroatoms. The van der Waals surface area contributed by atoms with Crippen molar-refractivity contribution in [2.75, 3.05) is 19.6 Å². The zero-order chi connectivity index (χ0) is 17.6. The highest BCUT2D eigenvalue weighted by atomic mass is 19.4. The number of carbonyl (C=O) groups excluding carboxylic acids is 2. The zero-order valence-corrected chi connectivity index (χ0v) is 14.0. The summed E-state index contributed by atoms with van der Waals surface area (Å²) < 4.78 is 38.4. The normalized spacial score (nSPS) is 25.9. The van der Waals surface area contributed by atoms with Crippen LogP contribution in [0.15, 0.2) is 0 Å². The van der Waals surface area contributed by atoms with Crippen LogP contribution in [0.4, 0.5) is 13.2 Å². The molecule has 0 bridgehead atoms. The quantitative estimate of drug-likeness (QED) is 0.848. The third-order valence-electron chi connectivity index (χ3n) is 5.10. The molecular weight excluding hydrogens is 321 g/mol. The zero-order valence-electron chi connectivity index (χ0n) is 14.0. The summed E-state index contributed by atoms with van der Waals surface area (Å²) in [6.07, 6.45) is 1.22. The Labute approximate surface area is 141 Å². The third kappa shape index (κ3) is 5.67. The third-order valence-corrected chi connectivity index (χ3v) is 5.10. The standard InChI is InChI=1S/C17H27F3N2O2/c18-17(19,20)14-7-5-6-13(12-14)16(24)21-9-8-15(23)22-10-3-1-2-4-11-22/h13-14H,1-12H2,(H,21,24). The molecule has 2 aliphatic rings. The highest BCUT2D eigenvalue weighted by molar-refractivity contribution is 5.80. The van der Waals surface area contributed by atoms with E-state index in [0.717, 1.165) is 38.8 Å². The molecule has 1 heterocycles. The van der Waals surface area contributed by atoms with E-state index in [-0.39, 0.29) is 37.6 Å². The van der Waals surface area contributed by atoms with E-state index in [9.17, 15) is 22.8 Å². The van der Waals surface area contributed by atoms with E-state index in [2.05, 4.69) is 5.32 Å². The maximum atomic E-state index is 12.8. The van der Waals surface area contributed by atoms with Gasteiger partial charge in [-0.25, -0.2) is 0 Å². The monoisotopic (exact) mass is 348 g/mol. The average molecular weight is 348 g/mol. The predicted octanol–water partition coefficient (Wildman–Crippen LogP) is 3.26. The molecule has 2 atom stereocenters. The van der Waals surface area contributed by atoms with Gasteiger partial charge < -0.3 is 10.2 Å². The minimum absolute atomic E-state index is 0.0222. The SMILES string of the molecule is O=C(NCCC(=O)N1CCCCCC1)C1CCCC(C(F)(F)F)C1. The molecule has 0 aromatic rings. The van der Waals surface area contributed by atoms with Gasteiger partial charge in [-0.3, -0.25) is 9.59 Å².